The molecule has 0 spiro atoms. The van der Waals surface area contributed by atoms with Gasteiger partial charge in [0.25, 0.3) is 5.91 Å². The van der Waals surface area contributed by atoms with Crippen molar-refractivity contribution in [1.82, 2.24) is 15.4 Å². The molecule has 1 heterocycles. The van der Waals surface area contributed by atoms with Gasteiger partial charge in [-0.05, 0) is 30.7 Å². The molecule has 0 bridgehead atoms. The number of alkyl halides is 3. The molecular weight excluding hydrogens is 487 g/mol. The van der Waals surface area contributed by atoms with E-state index in [1.165, 1.54) is 32.4 Å². The summed E-state index contributed by atoms with van der Waals surface area (Å²) in [6.45, 7) is 1.88. The van der Waals surface area contributed by atoms with Crippen molar-refractivity contribution in [3.8, 4) is 39.8 Å². The largest absolute Gasteiger partial charge is 0.493 e. The maximum absolute atomic E-state index is 13.9. The molecular formula is C27H22F3N3O4. The van der Waals surface area contributed by atoms with E-state index in [1.807, 2.05) is 6.92 Å². The third kappa shape index (κ3) is 5.70. The maximum atomic E-state index is 13.9. The highest BCUT2D eigenvalue weighted by atomic mass is 19.4. The Bertz CT molecular complexity index is 1410. The van der Waals surface area contributed by atoms with Gasteiger partial charge in [-0.2, -0.15) is 18.2 Å². The summed E-state index contributed by atoms with van der Waals surface area (Å²) in [5, 5.41) is 0. The highest BCUT2D eigenvalue weighted by Crippen LogP contribution is 2.43. The Morgan fingerprint density at radius 2 is 1.57 bits per heavy atom. The second kappa shape index (κ2) is 10.7. The lowest BCUT2D eigenvalue weighted by Crippen LogP contribution is -2.21. The SMILES string of the molecule is CONC(=O)c1ccc(Oc2nc(C(F)(F)F)nc(-c3ccc(C)cc3)c2-c2ccccc2)c(OC)c1. The Morgan fingerprint density at radius 3 is 2.19 bits per heavy atom. The molecule has 0 unspecified atom stereocenters. The Morgan fingerprint density at radius 1 is 0.865 bits per heavy atom. The molecule has 0 aliphatic heterocycles. The van der Waals surface area contributed by atoms with Crippen LogP contribution in [0.1, 0.15) is 21.7 Å². The summed E-state index contributed by atoms with van der Waals surface area (Å²) in [4.78, 5) is 24.4. The number of halogens is 3. The number of carbonyl (C=O) groups is 1. The molecule has 37 heavy (non-hydrogen) atoms. The van der Waals surface area contributed by atoms with Crippen LogP contribution < -0.4 is 15.0 Å². The first-order valence-corrected chi connectivity index (χ1v) is 11.0. The van der Waals surface area contributed by atoms with Crippen LogP contribution in [0.3, 0.4) is 0 Å². The van der Waals surface area contributed by atoms with Crippen LogP contribution in [0.4, 0.5) is 13.2 Å². The Balaban J connectivity index is 1.94. The molecule has 0 aliphatic rings. The van der Waals surface area contributed by atoms with E-state index >= 15 is 0 Å². The Kier molecular flexibility index (Phi) is 7.40. The minimum Gasteiger partial charge on any atom is -0.493 e. The summed E-state index contributed by atoms with van der Waals surface area (Å²) >= 11 is 0. The van der Waals surface area contributed by atoms with Crippen LogP contribution in [-0.2, 0) is 11.0 Å². The molecule has 10 heteroatoms. The second-order valence-corrected chi connectivity index (χ2v) is 7.91. The fourth-order valence-corrected chi connectivity index (χ4v) is 3.58. The van der Waals surface area contributed by atoms with Crippen molar-refractivity contribution in [2.45, 2.75) is 13.1 Å². The first-order chi connectivity index (χ1) is 17.7. The van der Waals surface area contributed by atoms with Crippen LogP contribution in [0.2, 0.25) is 0 Å². The third-order valence-electron chi connectivity index (χ3n) is 5.34. The predicted molar refractivity (Wildman–Crippen MR) is 130 cm³/mol. The standard InChI is InChI=1S/C27H22F3N3O4/c1-16-9-11-18(12-10-16)23-22(17-7-5-4-6-8-17)25(32-26(31-23)27(28,29)30)37-20-14-13-19(15-21(20)35-2)24(34)33-36-3/h4-15H,1-3H3,(H,33,34). The monoisotopic (exact) mass is 509 g/mol. The van der Waals surface area contributed by atoms with Gasteiger partial charge in [0.05, 0.1) is 25.5 Å². The minimum absolute atomic E-state index is 0.0512. The van der Waals surface area contributed by atoms with Crippen molar-refractivity contribution in [1.29, 1.82) is 0 Å². The number of nitrogens with one attached hydrogen (secondary N) is 1. The molecule has 1 aromatic heterocycles. The summed E-state index contributed by atoms with van der Waals surface area (Å²) in [7, 11) is 2.63. The summed E-state index contributed by atoms with van der Waals surface area (Å²) in [6.07, 6.45) is -4.83. The third-order valence-corrected chi connectivity index (χ3v) is 5.34. The number of benzene rings is 3. The number of methoxy groups -OCH3 is 1. The van der Waals surface area contributed by atoms with Crippen molar-refractivity contribution in [3.05, 3.63) is 89.7 Å². The summed E-state index contributed by atoms with van der Waals surface area (Å²) in [6, 6.07) is 19.9. The topological polar surface area (TPSA) is 82.6 Å². The van der Waals surface area contributed by atoms with E-state index in [0.717, 1.165) is 5.56 Å². The molecule has 0 saturated heterocycles. The van der Waals surface area contributed by atoms with Gasteiger partial charge >= 0.3 is 6.18 Å². The maximum Gasteiger partial charge on any atom is 0.451 e. The summed E-state index contributed by atoms with van der Waals surface area (Å²) in [5.74, 6) is -2.06. The smallest absolute Gasteiger partial charge is 0.451 e. The number of hydrogen-bond donors (Lipinski definition) is 1. The first-order valence-electron chi connectivity index (χ1n) is 11.0. The molecule has 3 aromatic carbocycles. The summed E-state index contributed by atoms with van der Waals surface area (Å²) < 4.78 is 53.0. The molecule has 4 aromatic rings. The number of aryl methyl sites for hydroxylation is 1. The molecule has 190 valence electrons. The van der Waals surface area contributed by atoms with E-state index in [4.69, 9.17) is 9.47 Å². The normalized spacial score (nSPS) is 11.2. The molecule has 0 aliphatic carbocycles. The molecule has 0 atom stereocenters. The molecule has 1 N–H and O–H groups in total. The van der Waals surface area contributed by atoms with Crippen molar-refractivity contribution >= 4 is 5.91 Å². The average molecular weight is 509 g/mol. The molecule has 0 radical (unpaired) electrons. The lowest BCUT2D eigenvalue weighted by Gasteiger charge is -2.18. The van der Waals surface area contributed by atoms with Crippen LogP contribution in [0.15, 0.2) is 72.8 Å². The fourth-order valence-electron chi connectivity index (χ4n) is 3.58. The number of hydroxylamine groups is 1. The first kappa shape index (κ1) is 25.6. The van der Waals surface area contributed by atoms with Crippen LogP contribution in [-0.4, -0.2) is 30.1 Å². The lowest BCUT2D eigenvalue weighted by atomic mass is 9.99. The van der Waals surface area contributed by atoms with Gasteiger partial charge in [0, 0.05) is 11.1 Å². The van der Waals surface area contributed by atoms with Crippen molar-refractivity contribution in [3.63, 3.8) is 0 Å². The average Bonchev–Trinajstić information content (AvgIpc) is 2.89. The van der Waals surface area contributed by atoms with E-state index in [2.05, 4.69) is 20.3 Å². The van der Waals surface area contributed by atoms with Crippen LogP contribution in [0.5, 0.6) is 17.4 Å². The van der Waals surface area contributed by atoms with Gasteiger partial charge in [0.2, 0.25) is 11.7 Å². The zero-order chi connectivity index (χ0) is 26.6. The number of hydrogen-bond acceptors (Lipinski definition) is 6. The zero-order valence-corrected chi connectivity index (χ0v) is 20.1. The fraction of sp³-hybridized carbons (Fsp3) is 0.148. The van der Waals surface area contributed by atoms with Gasteiger partial charge < -0.3 is 9.47 Å². The van der Waals surface area contributed by atoms with Gasteiger partial charge in [-0.15, -0.1) is 0 Å². The van der Waals surface area contributed by atoms with Crippen LogP contribution >= 0.6 is 0 Å². The van der Waals surface area contributed by atoms with Crippen molar-refractivity contribution in [2.75, 3.05) is 14.2 Å². The highest BCUT2D eigenvalue weighted by molar-refractivity contribution is 5.94. The molecule has 1 amide bonds. The van der Waals surface area contributed by atoms with Crippen LogP contribution in [0, 0.1) is 6.92 Å². The predicted octanol–water partition coefficient (Wildman–Crippen LogP) is 6.23. The van der Waals surface area contributed by atoms with Gasteiger partial charge in [-0.1, -0.05) is 60.2 Å². The number of amides is 1. The Labute approximate surface area is 210 Å². The number of nitrogens with zero attached hydrogens (tertiary/aromatic N) is 2. The second-order valence-electron chi connectivity index (χ2n) is 7.91. The van der Waals surface area contributed by atoms with Gasteiger partial charge in [-0.25, -0.2) is 10.5 Å². The van der Waals surface area contributed by atoms with E-state index in [1.54, 1.807) is 54.6 Å². The number of ether oxygens (including phenoxy) is 2. The number of rotatable bonds is 7. The molecule has 7 nitrogen and oxygen atoms in total. The van der Waals surface area contributed by atoms with Crippen molar-refractivity contribution in [2.24, 2.45) is 0 Å². The van der Waals surface area contributed by atoms with Gasteiger partial charge in [-0.3, -0.25) is 9.63 Å². The Hall–Kier alpha value is -4.44. The lowest BCUT2D eigenvalue weighted by molar-refractivity contribution is -0.145. The molecule has 0 fully saturated rings. The minimum atomic E-state index is -4.83. The van der Waals surface area contributed by atoms with E-state index < -0.39 is 17.9 Å². The number of aromatic nitrogens is 2. The van der Waals surface area contributed by atoms with E-state index in [-0.39, 0.29) is 34.2 Å². The quantitative estimate of drug-likeness (QED) is 0.298. The number of carbonyl (C=O) groups excluding carboxylic acids is 1. The zero-order valence-electron chi connectivity index (χ0n) is 20.1. The molecule has 4 rings (SSSR count). The summed E-state index contributed by atoms with van der Waals surface area (Å²) in [5.41, 5.74) is 4.64. The van der Waals surface area contributed by atoms with E-state index in [9.17, 15) is 18.0 Å². The van der Waals surface area contributed by atoms with Gasteiger partial charge in [0.15, 0.2) is 11.5 Å². The van der Waals surface area contributed by atoms with E-state index in [0.29, 0.717) is 11.1 Å². The van der Waals surface area contributed by atoms with Crippen LogP contribution in [0.25, 0.3) is 22.4 Å². The highest BCUT2D eigenvalue weighted by Gasteiger charge is 2.37. The van der Waals surface area contributed by atoms with Crippen molar-refractivity contribution < 1.29 is 32.3 Å². The molecule has 0 saturated carbocycles. The van der Waals surface area contributed by atoms with Gasteiger partial charge in [0.1, 0.15) is 0 Å².